The number of hydrogen-bond acceptors (Lipinski definition) is 7. The molecule has 1 aromatic rings. The van der Waals surface area contributed by atoms with Crippen LogP contribution in [0.2, 0.25) is 0 Å². The molecule has 25 heavy (non-hydrogen) atoms. The molecular formula is C17H27N5O3. The van der Waals surface area contributed by atoms with Gasteiger partial charge in [0.05, 0.1) is 26.4 Å². The summed E-state index contributed by atoms with van der Waals surface area (Å²) in [6.07, 6.45) is 2.84. The van der Waals surface area contributed by atoms with Gasteiger partial charge in [0.2, 0.25) is 17.7 Å². The van der Waals surface area contributed by atoms with E-state index in [1.807, 2.05) is 4.90 Å². The number of morpholine rings is 1. The van der Waals surface area contributed by atoms with Gasteiger partial charge in [-0.15, -0.1) is 0 Å². The molecule has 3 rings (SSSR count). The van der Waals surface area contributed by atoms with E-state index in [9.17, 15) is 4.79 Å². The Hall–Kier alpha value is -1.93. The zero-order valence-corrected chi connectivity index (χ0v) is 15.1. The van der Waals surface area contributed by atoms with Gasteiger partial charge in [-0.05, 0) is 6.42 Å². The number of rotatable bonds is 5. The first kappa shape index (κ1) is 17.9. The van der Waals surface area contributed by atoms with Crippen molar-refractivity contribution in [2.75, 3.05) is 64.4 Å². The van der Waals surface area contributed by atoms with Crippen LogP contribution >= 0.6 is 0 Å². The van der Waals surface area contributed by atoms with Gasteiger partial charge in [0.1, 0.15) is 0 Å². The lowest BCUT2D eigenvalue weighted by atomic mass is 10.2. The van der Waals surface area contributed by atoms with E-state index in [2.05, 4.69) is 26.7 Å². The topological polar surface area (TPSA) is 71.0 Å². The smallest absolute Gasteiger partial charge is 0.236 e. The van der Waals surface area contributed by atoms with Crippen LogP contribution in [0.25, 0.3) is 0 Å². The van der Waals surface area contributed by atoms with Crippen molar-refractivity contribution in [2.24, 2.45) is 0 Å². The largest absolute Gasteiger partial charge is 0.481 e. The van der Waals surface area contributed by atoms with Gasteiger partial charge in [-0.1, -0.05) is 6.92 Å². The monoisotopic (exact) mass is 349 g/mol. The Morgan fingerprint density at radius 2 is 2.12 bits per heavy atom. The third-order valence-corrected chi connectivity index (χ3v) is 4.79. The van der Waals surface area contributed by atoms with Crippen LogP contribution in [0.15, 0.2) is 12.3 Å². The highest BCUT2D eigenvalue weighted by Crippen LogP contribution is 2.15. The molecule has 2 saturated heterocycles. The minimum Gasteiger partial charge on any atom is -0.481 e. The Balaban J connectivity index is 1.48. The van der Waals surface area contributed by atoms with E-state index in [1.54, 1.807) is 19.4 Å². The van der Waals surface area contributed by atoms with E-state index in [0.717, 1.165) is 32.6 Å². The maximum Gasteiger partial charge on any atom is 0.236 e. The number of methoxy groups -OCH3 is 1. The van der Waals surface area contributed by atoms with Crippen molar-refractivity contribution in [2.45, 2.75) is 19.4 Å². The molecule has 0 radical (unpaired) electrons. The minimum absolute atomic E-state index is 0.180. The van der Waals surface area contributed by atoms with Gasteiger partial charge < -0.3 is 19.3 Å². The first-order valence-electron chi connectivity index (χ1n) is 8.93. The fourth-order valence-electron chi connectivity index (χ4n) is 3.19. The summed E-state index contributed by atoms with van der Waals surface area (Å²) < 4.78 is 10.8. The standard InChI is InChI=1S/C17H27N5O3/c1-3-14-12-22(10-11-25-14)16(23)13-20-6-8-21(9-7-20)17-18-5-4-15(19-17)24-2/h4-5,14H,3,6-13H2,1-2H3/t14-/m1/s1. The molecule has 0 spiro atoms. The molecule has 1 atom stereocenters. The number of amides is 1. The quantitative estimate of drug-likeness (QED) is 0.754. The second kappa shape index (κ2) is 8.44. The molecule has 8 heteroatoms. The van der Waals surface area contributed by atoms with Crippen molar-refractivity contribution < 1.29 is 14.3 Å². The van der Waals surface area contributed by atoms with E-state index >= 15 is 0 Å². The number of ether oxygens (including phenoxy) is 2. The lowest BCUT2D eigenvalue weighted by molar-refractivity contribution is -0.140. The number of anilines is 1. The molecular weight excluding hydrogens is 322 g/mol. The number of hydrogen-bond donors (Lipinski definition) is 0. The molecule has 0 bridgehead atoms. The third-order valence-electron chi connectivity index (χ3n) is 4.79. The van der Waals surface area contributed by atoms with Crippen molar-refractivity contribution in [3.8, 4) is 5.88 Å². The van der Waals surface area contributed by atoms with Crippen LogP contribution in [0.1, 0.15) is 13.3 Å². The summed E-state index contributed by atoms with van der Waals surface area (Å²) in [6, 6.07) is 1.74. The summed E-state index contributed by atoms with van der Waals surface area (Å²) in [5.41, 5.74) is 0. The van der Waals surface area contributed by atoms with Crippen molar-refractivity contribution in [1.82, 2.24) is 19.8 Å². The second-order valence-electron chi connectivity index (χ2n) is 6.40. The second-order valence-corrected chi connectivity index (χ2v) is 6.40. The van der Waals surface area contributed by atoms with E-state index < -0.39 is 0 Å². The van der Waals surface area contributed by atoms with Gasteiger partial charge in [0.15, 0.2) is 0 Å². The number of piperazine rings is 1. The molecule has 3 heterocycles. The van der Waals surface area contributed by atoms with E-state index in [1.165, 1.54) is 0 Å². The molecule has 8 nitrogen and oxygen atoms in total. The zero-order chi connectivity index (χ0) is 17.6. The Morgan fingerprint density at radius 1 is 1.32 bits per heavy atom. The molecule has 0 unspecified atom stereocenters. The average Bonchev–Trinajstić information content (AvgIpc) is 2.68. The molecule has 0 aromatic carbocycles. The van der Waals surface area contributed by atoms with E-state index in [0.29, 0.717) is 38.1 Å². The van der Waals surface area contributed by atoms with Gasteiger partial charge >= 0.3 is 0 Å². The number of nitrogens with zero attached hydrogens (tertiary/aromatic N) is 5. The van der Waals surface area contributed by atoms with Crippen LogP contribution < -0.4 is 9.64 Å². The fourth-order valence-corrected chi connectivity index (χ4v) is 3.19. The van der Waals surface area contributed by atoms with Crippen molar-refractivity contribution in [1.29, 1.82) is 0 Å². The van der Waals surface area contributed by atoms with Crippen molar-refractivity contribution in [3.05, 3.63) is 12.3 Å². The maximum absolute atomic E-state index is 12.5. The van der Waals surface area contributed by atoms with Crippen LogP contribution in [-0.2, 0) is 9.53 Å². The third kappa shape index (κ3) is 4.58. The highest BCUT2D eigenvalue weighted by Gasteiger charge is 2.26. The van der Waals surface area contributed by atoms with Crippen molar-refractivity contribution in [3.63, 3.8) is 0 Å². The molecule has 138 valence electrons. The van der Waals surface area contributed by atoms with Gasteiger partial charge in [0.25, 0.3) is 0 Å². The fraction of sp³-hybridized carbons (Fsp3) is 0.706. The van der Waals surface area contributed by atoms with Gasteiger partial charge in [0, 0.05) is 51.5 Å². The molecule has 1 amide bonds. The molecule has 2 fully saturated rings. The SMILES string of the molecule is CC[C@@H]1CN(C(=O)CN2CCN(c3nccc(OC)n3)CC2)CCO1. The normalized spacial score (nSPS) is 22.1. The number of carbonyl (C=O) groups excluding carboxylic acids is 1. The molecule has 0 saturated carbocycles. The van der Waals surface area contributed by atoms with Crippen LogP contribution in [0, 0.1) is 0 Å². The van der Waals surface area contributed by atoms with Crippen LogP contribution in [-0.4, -0.2) is 91.3 Å². The molecule has 0 N–H and O–H groups in total. The van der Waals surface area contributed by atoms with Gasteiger partial charge in [-0.25, -0.2) is 4.98 Å². The van der Waals surface area contributed by atoms with Gasteiger partial charge in [-0.2, -0.15) is 4.98 Å². The summed E-state index contributed by atoms with van der Waals surface area (Å²) in [7, 11) is 1.60. The molecule has 1 aromatic heterocycles. The van der Waals surface area contributed by atoms with Gasteiger partial charge in [-0.3, -0.25) is 9.69 Å². The predicted octanol–water partition coefficient (Wildman–Crippen LogP) is 0.245. The molecule has 2 aliphatic rings. The predicted molar refractivity (Wildman–Crippen MR) is 93.8 cm³/mol. The van der Waals surface area contributed by atoms with Crippen molar-refractivity contribution >= 4 is 11.9 Å². The van der Waals surface area contributed by atoms with E-state index in [-0.39, 0.29) is 12.0 Å². The Morgan fingerprint density at radius 3 is 2.84 bits per heavy atom. The first-order chi connectivity index (χ1) is 12.2. The Bertz CT molecular complexity index is 577. The Kier molecular flexibility index (Phi) is 6.04. The highest BCUT2D eigenvalue weighted by molar-refractivity contribution is 5.78. The summed E-state index contributed by atoms with van der Waals surface area (Å²) in [6.45, 7) is 7.90. The number of carbonyl (C=O) groups is 1. The summed E-state index contributed by atoms with van der Waals surface area (Å²) in [5, 5.41) is 0. The maximum atomic E-state index is 12.5. The van der Waals surface area contributed by atoms with Crippen LogP contribution in [0.4, 0.5) is 5.95 Å². The average molecular weight is 349 g/mol. The zero-order valence-electron chi connectivity index (χ0n) is 15.1. The molecule has 2 aliphatic heterocycles. The Labute approximate surface area is 148 Å². The van der Waals surface area contributed by atoms with E-state index in [4.69, 9.17) is 9.47 Å². The minimum atomic E-state index is 0.180. The summed E-state index contributed by atoms with van der Waals surface area (Å²) >= 11 is 0. The lowest BCUT2D eigenvalue weighted by Gasteiger charge is -2.37. The first-order valence-corrected chi connectivity index (χ1v) is 8.93. The van der Waals surface area contributed by atoms with Crippen LogP contribution in [0.5, 0.6) is 5.88 Å². The summed E-state index contributed by atoms with van der Waals surface area (Å²) in [5.74, 6) is 1.46. The summed E-state index contributed by atoms with van der Waals surface area (Å²) in [4.78, 5) is 27.5. The highest BCUT2D eigenvalue weighted by atomic mass is 16.5. The molecule has 0 aliphatic carbocycles. The number of aromatic nitrogens is 2. The lowest BCUT2D eigenvalue weighted by Crippen LogP contribution is -2.53. The van der Waals surface area contributed by atoms with Crippen LogP contribution in [0.3, 0.4) is 0 Å².